The first kappa shape index (κ1) is 16.7. The largest absolute Gasteiger partial charge is 0.382 e. The van der Waals surface area contributed by atoms with E-state index in [9.17, 15) is 4.79 Å². The van der Waals surface area contributed by atoms with Gasteiger partial charge < -0.3 is 15.0 Å². The molecule has 1 aromatic carbocycles. The maximum atomic E-state index is 12.0. The summed E-state index contributed by atoms with van der Waals surface area (Å²) >= 11 is 0. The summed E-state index contributed by atoms with van der Waals surface area (Å²) in [5.41, 5.74) is 7.91. The number of ether oxygens (including phenoxy) is 1. The Morgan fingerprint density at radius 3 is 2.83 bits per heavy atom. The van der Waals surface area contributed by atoms with Crippen molar-refractivity contribution >= 4 is 5.91 Å². The number of hydrogen-bond donors (Lipinski definition) is 1. The van der Waals surface area contributed by atoms with Gasteiger partial charge in [-0.15, -0.1) is 0 Å². The summed E-state index contributed by atoms with van der Waals surface area (Å²) in [7, 11) is 1.59. The van der Waals surface area contributed by atoms with Crippen LogP contribution in [-0.4, -0.2) is 41.8 Å². The molecule has 0 bridgehead atoms. The number of primary amides is 1. The predicted molar refractivity (Wildman–Crippen MR) is 90.1 cm³/mol. The van der Waals surface area contributed by atoms with Crippen molar-refractivity contribution in [3.63, 3.8) is 0 Å². The average Bonchev–Trinajstić information content (AvgIpc) is 3.17. The number of nitrogens with zero attached hydrogens (tertiary/aromatic N) is 2. The van der Waals surface area contributed by atoms with E-state index in [-0.39, 0.29) is 5.91 Å². The van der Waals surface area contributed by atoms with E-state index < -0.39 is 5.54 Å². The molecule has 0 saturated carbocycles. The van der Waals surface area contributed by atoms with Gasteiger partial charge in [0.1, 0.15) is 11.2 Å². The van der Waals surface area contributed by atoms with Crippen molar-refractivity contribution in [1.82, 2.24) is 10.1 Å². The van der Waals surface area contributed by atoms with E-state index >= 15 is 0 Å². The fraction of sp³-hybridized carbons (Fsp3) is 0.444. The normalized spacial score (nSPS) is 21.2. The van der Waals surface area contributed by atoms with E-state index in [0.29, 0.717) is 25.3 Å². The molecule has 1 unspecified atom stereocenters. The molecule has 0 spiro atoms. The summed E-state index contributed by atoms with van der Waals surface area (Å²) in [6, 6.07) is 10.0. The third-order valence-electron chi connectivity index (χ3n) is 4.72. The SMILES string of the molecule is COCC1(C(N)=O)CCCN1Cc1cc(-c2ccc(C)cc2)no1. The van der Waals surface area contributed by atoms with Crippen molar-refractivity contribution in [2.24, 2.45) is 5.73 Å². The highest BCUT2D eigenvalue weighted by Crippen LogP contribution is 2.32. The fourth-order valence-electron chi connectivity index (χ4n) is 3.35. The molecule has 24 heavy (non-hydrogen) atoms. The standard InChI is InChI=1S/C18H23N3O3/c1-13-4-6-14(7-5-13)16-10-15(24-20-16)11-21-9-3-8-18(21,12-23-2)17(19)22/h4-7,10H,3,8-9,11-12H2,1-2H3,(H2,19,22). The molecule has 6 heteroatoms. The number of aromatic nitrogens is 1. The second kappa shape index (κ2) is 6.75. The van der Waals surface area contributed by atoms with Crippen LogP contribution in [-0.2, 0) is 16.1 Å². The topological polar surface area (TPSA) is 81.6 Å². The van der Waals surface area contributed by atoms with E-state index in [1.807, 2.05) is 42.2 Å². The van der Waals surface area contributed by atoms with Crippen LogP contribution in [0.4, 0.5) is 0 Å². The predicted octanol–water partition coefficient (Wildman–Crippen LogP) is 2.12. The summed E-state index contributed by atoms with van der Waals surface area (Å²) in [4.78, 5) is 14.1. The number of likely N-dealkylation sites (tertiary alicyclic amines) is 1. The van der Waals surface area contributed by atoms with Crippen LogP contribution >= 0.6 is 0 Å². The van der Waals surface area contributed by atoms with Gasteiger partial charge in [0.05, 0.1) is 13.2 Å². The number of amides is 1. The molecule has 1 aliphatic rings. The van der Waals surface area contributed by atoms with Gasteiger partial charge in [-0.25, -0.2) is 0 Å². The van der Waals surface area contributed by atoms with Gasteiger partial charge in [0.2, 0.25) is 5.91 Å². The van der Waals surface area contributed by atoms with E-state index in [1.165, 1.54) is 5.56 Å². The first-order valence-electron chi connectivity index (χ1n) is 8.12. The van der Waals surface area contributed by atoms with Crippen LogP contribution in [0.25, 0.3) is 11.3 Å². The third kappa shape index (κ3) is 3.07. The van der Waals surface area contributed by atoms with Crippen molar-refractivity contribution in [1.29, 1.82) is 0 Å². The van der Waals surface area contributed by atoms with Crippen LogP contribution in [0.1, 0.15) is 24.2 Å². The quantitative estimate of drug-likeness (QED) is 0.878. The van der Waals surface area contributed by atoms with E-state index in [1.54, 1.807) is 7.11 Å². The van der Waals surface area contributed by atoms with Gasteiger partial charge in [0.15, 0.2) is 5.76 Å². The molecular formula is C18H23N3O3. The van der Waals surface area contributed by atoms with Gasteiger partial charge in [-0.1, -0.05) is 35.0 Å². The Hall–Kier alpha value is -2.18. The van der Waals surface area contributed by atoms with Gasteiger partial charge >= 0.3 is 0 Å². The molecule has 0 radical (unpaired) electrons. The molecule has 1 aromatic heterocycles. The Morgan fingerprint density at radius 2 is 2.17 bits per heavy atom. The van der Waals surface area contributed by atoms with E-state index in [0.717, 1.165) is 24.2 Å². The molecule has 2 heterocycles. The second-order valence-corrected chi connectivity index (χ2v) is 6.40. The first-order valence-corrected chi connectivity index (χ1v) is 8.12. The number of nitrogens with two attached hydrogens (primary N) is 1. The van der Waals surface area contributed by atoms with Crippen molar-refractivity contribution in [3.05, 3.63) is 41.7 Å². The molecule has 2 aromatic rings. The Morgan fingerprint density at radius 1 is 1.42 bits per heavy atom. The molecule has 1 amide bonds. The van der Waals surface area contributed by atoms with Gasteiger partial charge in [0, 0.05) is 18.7 Å². The maximum absolute atomic E-state index is 12.0. The minimum Gasteiger partial charge on any atom is -0.382 e. The van der Waals surface area contributed by atoms with Gasteiger partial charge in [-0.3, -0.25) is 9.69 Å². The van der Waals surface area contributed by atoms with Crippen LogP contribution in [0.5, 0.6) is 0 Å². The molecule has 1 aliphatic heterocycles. The lowest BCUT2D eigenvalue weighted by Crippen LogP contribution is -2.56. The Kier molecular flexibility index (Phi) is 4.69. The molecule has 6 nitrogen and oxygen atoms in total. The number of benzene rings is 1. The van der Waals surface area contributed by atoms with Crippen LogP contribution in [0, 0.1) is 6.92 Å². The van der Waals surface area contributed by atoms with E-state index in [4.69, 9.17) is 15.0 Å². The van der Waals surface area contributed by atoms with Crippen LogP contribution < -0.4 is 5.73 Å². The van der Waals surface area contributed by atoms with Crippen LogP contribution in [0.15, 0.2) is 34.9 Å². The lowest BCUT2D eigenvalue weighted by atomic mass is 9.96. The smallest absolute Gasteiger partial charge is 0.240 e. The summed E-state index contributed by atoms with van der Waals surface area (Å²) < 4.78 is 10.7. The Balaban J connectivity index is 1.78. The highest BCUT2D eigenvalue weighted by Gasteiger charge is 2.46. The Bertz CT molecular complexity index is 711. The minimum atomic E-state index is -0.758. The van der Waals surface area contributed by atoms with Crippen molar-refractivity contribution in [2.45, 2.75) is 31.8 Å². The number of methoxy groups -OCH3 is 1. The zero-order valence-corrected chi connectivity index (χ0v) is 14.1. The highest BCUT2D eigenvalue weighted by molar-refractivity contribution is 5.85. The lowest BCUT2D eigenvalue weighted by Gasteiger charge is -2.34. The number of aryl methyl sites for hydroxylation is 1. The summed E-state index contributed by atoms with van der Waals surface area (Å²) in [6.07, 6.45) is 1.61. The molecule has 2 N–H and O–H groups in total. The molecular weight excluding hydrogens is 306 g/mol. The molecule has 128 valence electrons. The van der Waals surface area contributed by atoms with Gasteiger partial charge in [-0.05, 0) is 26.3 Å². The number of hydrogen-bond acceptors (Lipinski definition) is 5. The molecule has 0 aliphatic carbocycles. The molecule has 1 atom stereocenters. The maximum Gasteiger partial charge on any atom is 0.240 e. The zero-order valence-electron chi connectivity index (χ0n) is 14.1. The monoisotopic (exact) mass is 329 g/mol. The zero-order chi connectivity index (χ0) is 17.2. The average molecular weight is 329 g/mol. The number of carbonyl (C=O) groups is 1. The molecule has 1 fully saturated rings. The number of rotatable bonds is 6. The third-order valence-corrected chi connectivity index (χ3v) is 4.72. The van der Waals surface area contributed by atoms with Crippen molar-refractivity contribution < 1.29 is 14.1 Å². The first-order chi connectivity index (χ1) is 11.5. The second-order valence-electron chi connectivity index (χ2n) is 6.40. The highest BCUT2D eigenvalue weighted by atomic mass is 16.5. The van der Waals surface area contributed by atoms with Gasteiger partial charge in [0.25, 0.3) is 0 Å². The van der Waals surface area contributed by atoms with Crippen molar-refractivity contribution in [2.75, 3.05) is 20.3 Å². The van der Waals surface area contributed by atoms with E-state index in [2.05, 4.69) is 5.16 Å². The van der Waals surface area contributed by atoms with Crippen LogP contribution in [0.3, 0.4) is 0 Å². The van der Waals surface area contributed by atoms with Crippen molar-refractivity contribution in [3.8, 4) is 11.3 Å². The molecule has 3 rings (SSSR count). The summed E-state index contributed by atoms with van der Waals surface area (Å²) in [5, 5.41) is 4.15. The summed E-state index contributed by atoms with van der Waals surface area (Å²) in [6.45, 7) is 3.61. The minimum absolute atomic E-state index is 0.293. The van der Waals surface area contributed by atoms with Gasteiger partial charge in [-0.2, -0.15) is 0 Å². The summed E-state index contributed by atoms with van der Waals surface area (Å²) in [5.74, 6) is 0.370. The fourth-order valence-corrected chi connectivity index (χ4v) is 3.35. The number of carbonyl (C=O) groups excluding carboxylic acids is 1. The molecule has 1 saturated heterocycles. The Labute approximate surface area is 141 Å². The lowest BCUT2D eigenvalue weighted by molar-refractivity contribution is -0.132. The van der Waals surface area contributed by atoms with Crippen LogP contribution in [0.2, 0.25) is 0 Å².